The van der Waals surface area contributed by atoms with Gasteiger partial charge < -0.3 is 10.1 Å². The number of methoxy groups -OCH3 is 1. The third-order valence-corrected chi connectivity index (χ3v) is 3.68. The van der Waals surface area contributed by atoms with E-state index in [2.05, 4.69) is 10.3 Å². The summed E-state index contributed by atoms with van der Waals surface area (Å²) in [5, 5.41) is 12.2. The fourth-order valence-electron chi connectivity index (χ4n) is 2.52. The van der Waals surface area contributed by atoms with Crippen LogP contribution in [0, 0.1) is 11.5 Å². The molecule has 1 aliphatic rings. The van der Waals surface area contributed by atoms with Crippen molar-refractivity contribution in [2.75, 3.05) is 7.11 Å². The van der Waals surface area contributed by atoms with Gasteiger partial charge in [0.15, 0.2) is 0 Å². The second kappa shape index (κ2) is 8.11. The summed E-state index contributed by atoms with van der Waals surface area (Å²) in [5.74, 6) is 1.47. The van der Waals surface area contributed by atoms with Crippen LogP contribution in [0.1, 0.15) is 37.7 Å². The van der Waals surface area contributed by atoms with Crippen molar-refractivity contribution in [3.05, 3.63) is 35.9 Å². The average Bonchev–Trinajstić information content (AvgIpc) is 2.54. The Hall–Kier alpha value is -2.28. The van der Waals surface area contributed by atoms with Crippen LogP contribution < -0.4 is 10.1 Å². The highest BCUT2D eigenvalue weighted by Crippen LogP contribution is 2.17. The first-order valence-corrected chi connectivity index (χ1v) is 7.37. The molecular weight excluding hydrogens is 262 g/mol. The maximum Gasteiger partial charge on any atom is 0.207 e. The molecule has 0 saturated heterocycles. The first kappa shape index (κ1) is 15.1. The van der Waals surface area contributed by atoms with E-state index < -0.39 is 0 Å². The summed E-state index contributed by atoms with van der Waals surface area (Å²) in [6.45, 7) is 0. The zero-order chi connectivity index (χ0) is 14.9. The molecule has 1 aliphatic carbocycles. The number of nitriles is 1. The molecular formula is C17H21N3O. The van der Waals surface area contributed by atoms with E-state index in [0.29, 0.717) is 11.9 Å². The molecule has 4 nitrogen and oxygen atoms in total. The van der Waals surface area contributed by atoms with Crippen LogP contribution in [0.5, 0.6) is 5.75 Å². The molecule has 1 aromatic rings. The van der Waals surface area contributed by atoms with Crippen molar-refractivity contribution in [3.63, 3.8) is 0 Å². The van der Waals surface area contributed by atoms with Crippen LogP contribution in [0.4, 0.5) is 0 Å². The zero-order valence-electron chi connectivity index (χ0n) is 12.4. The Bertz CT molecular complexity index is 534. The molecule has 1 aromatic carbocycles. The molecule has 0 heterocycles. The highest BCUT2D eigenvalue weighted by molar-refractivity contribution is 5.97. The van der Waals surface area contributed by atoms with E-state index in [9.17, 15) is 0 Å². The number of hydrogen-bond donors (Lipinski definition) is 1. The maximum absolute atomic E-state index is 8.80. The van der Waals surface area contributed by atoms with Crippen molar-refractivity contribution in [3.8, 4) is 11.9 Å². The molecule has 0 amide bonds. The Morgan fingerprint density at radius 1 is 1.29 bits per heavy atom. The van der Waals surface area contributed by atoms with Gasteiger partial charge in [-0.1, -0.05) is 37.5 Å². The smallest absolute Gasteiger partial charge is 0.207 e. The third kappa shape index (κ3) is 4.96. The SMILES string of the molecule is COc1ccc(C=CC(=NC#N)NC2CCCCC2)cc1. The summed E-state index contributed by atoms with van der Waals surface area (Å²) in [7, 11) is 1.65. The number of rotatable bonds is 4. The number of aliphatic imine (C=N–C) groups is 1. The van der Waals surface area contributed by atoms with Crippen LogP contribution in [-0.4, -0.2) is 19.0 Å². The molecule has 0 unspecified atom stereocenters. The van der Waals surface area contributed by atoms with Gasteiger partial charge in [0.1, 0.15) is 11.6 Å². The molecule has 2 rings (SSSR count). The Morgan fingerprint density at radius 3 is 2.62 bits per heavy atom. The summed E-state index contributed by atoms with van der Waals surface area (Å²) in [5.41, 5.74) is 1.05. The molecule has 110 valence electrons. The third-order valence-electron chi connectivity index (χ3n) is 3.68. The lowest BCUT2D eigenvalue weighted by Gasteiger charge is -2.23. The summed E-state index contributed by atoms with van der Waals surface area (Å²) in [4.78, 5) is 3.87. The fraction of sp³-hybridized carbons (Fsp3) is 0.412. The van der Waals surface area contributed by atoms with Crippen molar-refractivity contribution in [2.45, 2.75) is 38.1 Å². The molecule has 0 spiro atoms. The van der Waals surface area contributed by atoms with Gasteiger partial charge in [-0.15, -0.1) is 0 Å². The molecule has 1 N–H and O–H groups in total. The van der Waals surface area contributed by atoms with Gasteiger partial charge in [0.05, 0.1) is 7.11 Å². The van der Waals surface area contributed by atoms with Crippen LogP contribution in [0.25, 0.3) is 6.08 Å². The number of amidine groups is 1. The van der Waals surface area contributed by atoms with Gasteiger partial charge in [-0.3, -0.25) is 0 Å². The predicted octanol–water partition coefficient (Wildman–Crippen LogP) is 3.51. The molecule has 21 heavy (non-hydrogen) atoms. The van der Waals surface area contributed by atoms with Gasteiger partial charge in [0.2, 0.25) is 6.19 Å². The zero-order valence-corrected chi connectivity index (χ0v) is 12.4. The number of nitrogens with one attached hydrogen (secondary N) is 1. The van der Waals surface area contributed by atoms with Crippen LogP contribution in [-0.2, 0) is 0 Å². The second-order valence-electron chi connectivity index (χ2n) is 5.18. The van der Waals surface area contributed by atoms with E-state index >= 15 is 0 Å². The van der Waals surface area contributed by atoms with Gasteiger partial charge in [-0.05, 0) is 36.6 Å². The van der Waals surface area contributed by atoms with Crippen LogP contribution in [0.3, 0.4) is 0 Å². The normalized spacial score (nSPS) is 16.7. The van der Waals surface area contributed by atoms with Crippen LogP contribution >= 0.6 is 0 Å². The van der Waals surface area contributed by atoms with E-state index in [1.165, 1.54) is 19.3 Å². The molecule has 0 atom stereocenters. The van der Waals surface area contributed by atoms with Crippen molar-refractivity contribution in [1.29, 1.82) is 5.26 Å². The lowest BCUT2D eigenvalue weighted by Crippen LogP contribution is -2.35. The number of hydrogen-bond acceptors (Lipinski definition) is 3. The number of benzene rings is 1. The molecule has 0 aromatic heterocycles. The predicted molar refractivity (Wildman–Crippen MR) is 85.1 cm³/mol. The van der Waals surface area contributed by atoms with Crippen molar-refractivity contribution in [1.82, 2.24) is 5.32 Å². The minimum absolute atomic E-state index is 0.436. The quantitative estimate of drug-likeness (QED) is 0.522. The summed E-state index contributed by atoms with van der Waals surface area (Å²) < 4.78 is 5.13. The summed E-state index contributed by atoms with van der Waals surface area (Å²) >= 11 is 0. The fourth-order valence-corrected chi connectivity index (χ4v) is 2.52. The van der Waals surface area contributed by atoms with E-state index in [1.54, 1.807) is 7.11 Å². The highest BCUT2D eigenvalue weighted by Gasteiger charge is 2.13. The van der Waals surface area contributed by atoms with E-state index in [1.807, 2.05) is 42.6 Å². The molecule has 0 aliphatic heterocycles. The molecule has 1 fully saturated rings. The van der Waals surface area contributed by atoms with E-state index in [-0.39, 0.29) is 0 Å². The van der Waals surface area contributed by atoms with Crippen molar-refractivity contribution >= 4 is 11.9 Å². The lowest BCUT2D eigenvalue weighted by molar-refractivity contribution is 0.414. The Balaban J connectivity index is 1.99. The minimum Gasteiger partial charge on any atom is -0.497 e. The largest absolute Gasteiger partial charge is 0.497 e. The second-order valence-corrected chi connectivity index (χ2v) is 5.18. The standard InChI is InChI=1S/C17H21N3O/c1-21-16-10-7-14(8-11-16)9-12-17(19-13-18)20-15-5-3-2-4-6-15/h7-12,15H,2-6H2,1H3,(H,19,20). The monoisotopic (exact) mass is 283 g/mol. The molecule has 4 heteroatoms. The number of nitrogens with zero attached hydrogens (tertiary/aromatic N) is 2. The van der Waals surface area contributed by atoms with Gasteiger partial charge in [0, 0.05) is 6.04 Å². The minimum atomic E-state index is 0.436. The molecule has 0 bridgehead atoms. The van der Waals surface area contributed by atoms with Gasteiger partial charge in [0.25, 0.3) is 0 Å². The summed E-state index contributed by atoms with van der Waals surface area (Å²) in [6.07, 6.45) is 11.8. The first-order chi connectivity index (χ1) is 10.3. The van der Waals surface area contributed by atoms with Crippen LogP contribution in [0.2, 0.25) is 0 Å². The van der Waals surface area contributed by atoms with E-state index in [0.717, 1.165) is 24.2 Å². The van der Waals surface area contributed by atoms with Gasteiger partial charge >= 0.3 is 0 Å². The Morgan fingerprint density at radius 2 is 2.00 bits per heavy atom. The highest BCUT2D eigenvalue weighted by atomic mass is 16.5. The summed E-state index contributed by atoms with van der Waals surface area (Å²) in [6, 6.07) is 8.20. The molecule has 0 radical (unpaired) electrons. The first-order valence-electron chi connectivity index (χ1n) is 7.37. The number of ether oxygens (including phenoxy) is 1. The average molecular weight is 283 g/mol. The van der Waals surface area contributed by atoms with Gasteiger partial charge in [-0.2, -0.15) is 10.3 Å². The van der Waals surface area contributed by atoms with E-state index in [4.69, 9.17) is 10.00 Å². The Labute approximate surface area is 126 Å². The molecule has 1 saturated carbocycles. The van der Waals surface area contributed by atoms with Crippen LogP contribution in [0.15, 0.2) is 35.3 Å². The van der Waals surface area contributed by atoms with Crippen molar-refractivity contribution in [2.24, 2.45) is 4.99 Å². The van der Waals surface area contributed by atoms with Crippen molar-refractivity contribution < 1.29 is 4.74 Å². The van der Waals surface area contributed by atoms with Gasteiger partial charge in [-0.25, -0.2) is 0 Å². The topological polar surface area (TPSA) is 57.4 Å². The Kier molecular flexibility index (Phi) is 5.83. The lowest BCUT2D eigenvalue weighted by atomic mass is 9.95. The maximum atomic E-state index is 8.80.